The summed E-state index contributed by atoms with van der Waals surface area (Å²) >= 11 is 0. The van der Waals surface area contributed by atoms with Crippen molar-refractivity contribution in [2.45, 2.75) is 38.5 Å². The highest BCUT2D eigenvalue weighted by atomic mass is 16.5. The predicted octanol–water partition coefficient (Wildman–Crippen LogP) is 3.78. The van der Waals surface area contributed by atoms with E-state index in [2.05, 4.69) is 24.3 Å². The lowest BCUT2D eigenvalue weighted by atomic mass is 9.38. The Morgan fingerprint density at radius 2 is 1.18 bits per heavy atom. The van der Waals surface area contributed by atoms with Crippen LogP contribution in [0, 0.1) is 10.8 Å². The molecule has 2 unspecified atom stereocenters. The van der Waals surface area contributed by atoms with Crippen LogP contribution in [0.15, 0.2) is 48.5 Å². The van der Waals surface area contributed by atoms with E-state index in [1.54, 1.807) is 0 Å². The molecular weight excluding hydrogens is 352 g/mol. The topological polar surface area (TPSA) is 52.6 Å². The van der Waals surface area contributed by atoms with E-state index in [1.807, 2.05) is 38.1 Å². The molecule has 0 bridgehead atoms. The first-order chi connectivity index (χ1) is 13.6. The number of esters is 2. The van der Waals surface area contributed by atoms with Crippen molar-refractivity contribution in [2.75, 3.05) is 13.2 Å². The third-order valence-corrected chi connectivity index (χ3v) is 7.19. The van der Waals surface area contributed by atoms with Crippen LogP contribution in [0.25, 0.3) is 0 Å². The van der Waals surface area contributed by atoms with Gasteiger partial charge < -0.3 is 9.47 Å². The van der Waals surface area contributed by atoms with Gasteiger partial charge in [-0.05, 0) is 48.9 Å². The van der Waals surface area contributed by atoms with Gasteiger partial charge in [0.25, 0.3) is 0 Å². The summed E-state index contributed by atoms with van der Waals surface area (Å²) in [4.78, 5) is 26.9. The highest BCUT2D eigenvalue weighted by Gasteiger charge is 2.83. The van der Waals surface area contributed by atoms with Crippen molar-refractivity contribution in [3.63, 3.8) is 0 Å². The largest absolute Gasteiger partial charge is 0.466 e. The summed E-state index contributed by atoms with van der Waals surface area (Å²) < 4.78 is 11.2. The van der Waals surface area contributed by atoms with Gasteiger partial charge in [0, 0.05) is 11.8 Å². The maximum atomic E-state index is 13.5. The number of rotatable bonds is 4. The second-order valence-electron chi connectivity index (χ2n) is 8.09. The summed E-state index contributed by atoms with van der Waals surface area (Å²) in [5.74, 6) is -0.603. The van der Waals surface area contributed by atoms with Crippen LogP contribution < -0.4 is 0 Å². The van der Waals surface area contributed by atoms with Crippen molar-refractivity contribution in [1.82, 2.24) is 0 Å². The van der Waals surface area contributed by atoms with Gasteiger partial charge in [-0.15, -0.1) is 0 Å². The highest BCUT2D eigenvalue weighted by Crippen LogP contribution is 2.80. The number of fused-ring (bicyclic) bond motifs is 8. The number of benzene rings is 2. The van der Waals surface area contributed by atoms with Gasteiger partial charge in [-0.25, -0.2) is 0 Å². The van der Waals surface area contributed by atoms with Crippen molar-refractivity contribution in [1.29, 1.82) is 0 Å². The summed E-state index contributed by atoms with van der Waals surface area (Å²) in [6.07, 6.45) is 1.08. The summed E-state index contributed by atoms with van der Waals surface area (Å²) in [5.41, 5.74) is 2.88. The molecule has 1 fully saturated rings. The van der Waals surface area contributed by atoms with Gasteiger partial charge in [0.2, 0.25) is 0 Å². The van der Waals surface area contributed by atoms with E-state index in [4.69, 9.17) is 9.47 Å². The van der Waals surface area contributed by atoms with E-state index in [0.717, 1.165) is 11.1 Å². The summed E-state index contributed by atoms with van der Waals surface area (Å²) in [5, 5.41) is 0. The highest BCUT2D eigenvalue weighted by molar-refractivity contribution is 5.97. The Hall–Kier alpha value is -2.62. The zero-order valence-corrected chi connectivity index (χ0v) is 16.2. The normalized spacial score (nSPS) is 31.1. The van der Waals surface area contributed by atoms with Crippen LogP contribution in [-0.2, 0) is 31.9 Å². The molecule has 28 heavy (non-hydrogen) atoms. The molecule has 0 saturated heterocycles. The molecule has 1 saturated carbocycles. The van der Waals surface area contributed by atoms with Crippen molar-refractivity contribution in [2.24, 2.45) is 10.8 Å². The van der Waals surface area contributed by atoms with E-state index >= 15 is 0 Å². The van der Waals surface area contributed by atoms with Crippen LogP contribution >= 0.6 is 0 Å². The second kappa shape index (κ2) is 5.94. The van der Waals surface area contributed by atoms with Crippen molar-refractivity contribution < 1.29 is 19.1 Å². The number of hydrogen-bond acceptors (Lipinski definition) is 4. The number of carbonyl (C=O) groups is 2. The molecule has 4 nitrogen and oxygen atoms in total. The lowest BCUT2D eigenvalue weighted by molar-refractivity contribution is -0.207. The molecular formula is C24H24O4. The molecule has 144 valence electrons. The SMILES string of the molecule is CCOC(=O)[C@]12Cc3ccccc3C1C1c3ccccc3C[C@@]12C(=O)OCC. The van der Waals surface area contributed by atoms with Gasteiger partial charge in [-0.1, -0.05) is 48.5 Å². The van der Waals surface area contributed by atoms with E-state index < -0.39 is 10.8 Å². The van der Waals surface area contributed by atoms with Crippen molar-refractivity contribution in [3.05, 3.63) is 70.8 Å². The first-order valence-corrected chi connectivity index (χ1v) is 10.1. The fourth-order valence-corrected chi connectivity index (χ4v) is 6.33. The summed E-state index contributed by atoms with van der Waals surface area (Å²) in [6, 6.07) is 16.4. The Kier molecular flexibility index (Phi) is 3.71. The Morgan fingerprint density at radius 3 is 1.57 bits per heavy atom. The van der Waals surface area contributed by atoms with Crippen molar-refractivity contribution >= 4 is 11.9 Å². The van der Waals surface area contributed by atoms with E-state index in [-0.39, 0.29) is 23.8 Å². The summed E-state index contributed by atoms with van der Waals surface area (Å²) in [7, 11) is 0. The smallest absolute Gasteiger partial charge is 0.314 e. The van der Waals surface area contributed by atoms with Crippen LogP contribution in [-0.4, -0.2) is 25.2 Å². The Labute approximate surface area is 164 Å². The molecule has 5 rings (SSSR count). The van der Waals surface area contributed by atoms with Crippen LogP contribution in [0.2, 0.25) is 0 Å². The van der Waals surface area contributed by atoms with Crippen LogP contribution in [0.5, 0.6) is 0 Å². The molecule has 4 heteroatoms. The van der Waals surface area contributed by atoms with E-state index in [9.17, 15) is 9.59 Å². The number of hydrogen-bond donors (Lipinski definition) is 0. The minimum absolute atomic E-state index is 0.0455. The van der Waals surface area contributed by atoms with Gasteiger partial charge in [0.05, 0.1) is 24.0 Å². The lowest BCUT2D eigenvalue weighted by Crippen LogP contribution is -2.68. The summed E-state index contributed by atoms with van der Waals surface area (Å²) in [6.45, 7) is 4.25. The average Bonchev–Trinajstić information content (AvgIpc) is 3.16. The van der Waals surface area contributed by atoms with E-state index in [0.29, 0.717) is 26.1 Å². The van der Waals surface area contributed by atoms with Crippen LogP contribution in [0.4, 0.5) is 0 Å². The molecule has 0 aliphatic heterocycles. The van der Waals surface area contributed by atoms with Crippen LogP contribution in [0.3, 0.4) is 0 Å². The molecule has 2 aromatic rings. The molecule has 0 N–H and O–H groups in total. The molecule has 0 radical (unpaired) electrons. The van der Waals surface area contributed by atoms with E-state index in [1.165, 1.54) is 11.1 Å². The Bertz CT molecular complexity index is 901. The zero-order valence-electron chi connectivity index (χ0n) is 16.2. The molecule has 4 atom stereocenters. The van der Waals surface area contributed by atoms with Crippen molar-refractivity contribution in [3.8, 4) is 0 Å². The zero-order chi connectivity index (χ0) is 19.5. The van der Waals surface area contributed by atoms with Gasteiger partial charge in [-0.2, -0.15) is 0 Å². The van der Waals surface area contributed by atoms with Gasteiger partial charge in [-0.3, -0.25) is 9.59 Å². The van der Waals surface area contributed by atoms with Gasteiger partial charge >= 0.3 is 11.9 Å². The fraction of sp³-hybridized carbons (Fsp3) is 0.417. The van der Waals surface area contributed by atoms with Gasteiger partial charge in [0.15, 0.2) is 0 Å². The molecule has 3 aliphatic rings. The monoisotopic (exact) mass is 376 g/mol. The van der Waals surface area contributed by atoms with Crippen LogP contribution in [0.1, 0.15) is 47.9 Å². The number of ether oxygens (including phenoxy) is 2. The second-order valence-corrected chi connectivity index (χ2v) is 8.09. The number of carbonyl (C=O) groups excluding carboxylic acids is 2. The minimum Gasteiger partial charge on any atom is -0.466 e. The van der Waals surface area contributed by atoms with Gasteiger partial charge in [0.1, 0.15) is 0 Å². The first-order valence-electron chi connectivity index (χ1n) is 10.1. The molecule has 3 aliphatic carbocycles. The minimum atomic E-state index is -0.886. The molecule has 0 heterocycles. The molecule has 2 aromatic carbocycles. The Morgan fingerprint density at radius 1 is 0.786 bits per heavy atom. The maximum absolute atomic E-state index is 13.5. The fourth-order valence-electron chi connectivity index (χ4n) is 6.33. The average molecular weight is 376 g/mol. The standard InChI is InChI=1S/C24H24O4/c1-3-27-21(25)23-13-15-9-5-7-11-17(15)19(23)20-18-12-8-6-10-16(18)14-24(20,23)22(26)28-4-2/h5-12,19-20H,3-4,13-14H2,1-2H3/t19?,20?,23-,24-/m0/s1. The lowest BCUT2D eigenvalue weighted by Gasteiger charge is -2.61. The molecule has 0 spiro atoms. The maximum Gasteiger partial charge on any atom is 0.314 e. The Balaban J connectivity index is 1.76. The molecule has 0 amide bonds. The third kappa shape index (κ3) is 1.81. The third-order valence-electron chi connectivity index (χ3n) is 7.19. The quantitative estimate of drug-likeness (QED) is 0.762. The first kappa shape index (κ1) is 17.5. The predicted molar refractivity (Wildman–Crippen MR) is 104 cm³/mol. The molecule has 0 aromatic heterocycles.